The molecule has 2 N–H and O–H groups in total. The highest BCUT2D eigenvalue weighted by Crippen LogP contribution is 2.28. The minimum Gasteiger partial charge on any atom is -0.361 e. The lowest BCUT2D eigenvalue weighted by Crippen LogP contribution is -2.37. The average Bonchev–Trinajstić information content (AvgIpc) is 3.32. The van der Waals surface area contributed by atoms with Crippen molar-refractivity contribution in [1.29, 1.82) is 0 Å². The quantitative estimate of drug-likeness (QED) is 0.327. The monoisotopic (exact) mass is 446 g/mol. The van der Waals surface area contributed by atoms with Gasteiger partial charge in [-0.25, -0.2) is 0 Å². The van der Waals surface area contributed by atoms with Crippen LogP contribution in [-0.4, -0.2) is 45.2 Å². The molecule has 3 aromatic rings. The maximum absolute atomic E-state index is 13.3. The lowest BCUT2D eigenvalue weighted by molar-refractivity contribution is -0.124. The van der Waals surface area contributed by atoms with Crippen LogP contribution in [0.3, 0.4) is 0 Å². The summed E-state index contributed by atoms with van der Waals surface area (Å²) in [6, 6.07) is 13.4. The summed E-state index contributed by atoms with van der Waals surface area (Å²) in [5.74, 6) is -0.644. The van der Waals surface area contributed by atoms with E-state index in [1.165, 1.54) is 11.8 Å². The number of anilines is 2. The van der Waals surface area contributed by atoms with Gasteiger partial charge in [0.1, 0.15) is 6.04 Å². The van der Waals surface area contributed by atoms with Crippen LogP contribution in [0, 0.1) is 0 Å². The van der Waals surface area contributed by atoms with Crippen molar-refractivity contribution in [2.75, 3.05) is 16.8 Å². The first kappa shape index (κ1) is 21.5. The largest absolute Gasteiger partial charge is 0.361 e. The lowest BCUT2D eigenvalue weighted by Gasteiger charge is -2.22. The molecular formula is C24H22N4O3S. The predicted molar refractivity (Wildman–Crippen MR) is 129 cm³/mol. The number of fused-ring (bicyclic) bond motifs is 1. The summed E-state index contributed by atoms with van der Waals surface area (Å²) < 4.78 is 0. The number of hydrogen-bond donors (Lipinski definition) is 2. The second-order valence-electron chi connectivity index (χ2n) is 7.55. The van der Waals surface area contributed by atoms with Crippen LogP contribution in [0.2, 0.25) is 0 Å². The molecule has 1 aromatic heterocycles. The SMILES string of the molecule is C=CCN1C(=S)N(c2ccc(C(C)=O)cc2)C(=O)C1CC(=O)Nc1ccc2cc[nH]c2c1. The van der Waals surface area contributed by atoms with E-state index in [0.717, 1.165) is 10.9 Å². The van der Waals surface area contributed by atoms with Crippen LogP contribution >= 0.6 is 12.2 Å². The highest BCUT2D eigenvalue weighted by atomic mass is 32.1. The third kappa shape index (κ3) is 4.04. The highest BCUT2D eigenvalue weighted by Gasteiger charge is 2.43. The van der Waals surface area contributed by atoms with E-state index >= 15 is 0 Å². The fraction of sp³-hybridized carbons (Fsp3) is 0.167. The van der Waals surface area contributed by atoms with Crippen LogP contribution in [0.1, 0.15) is 23.7 Å². The molecule has 4 rings (SSSR count). The van der Waals surface area contributed by atoms with Crippen molar-refractivity contribution < 1.29 is 14.4 Å². The molecule has 162 valence electrons. The van der Waals surface area contributed by atoms with Crippen LogP contribution in [-0.2, 0) is 9.59 Å². The Hall–Kier alpha value is -3.78. The number of ketones is 1. The number of nitrogens with zero attached hydrogens (tertiary/aromatic N) is 2. The fourth-order valence-corrected chi connectivity index (χ4v) is 4.17. The van der Waals surface area contributed by atoms with E-state index in [1.807, 2.05) is 30.5 Å². The number of rotatable bonds is 7. The van der Waals surface area contributed by atoms with Crippen molar-refractivity contribution in [3.63, 3.8) is 0 Å². The molecule has 0 bridgehead atoms. The van der Waals surface area contributed by atoms with E-state index in [1.54, 1.807) is 35.2 Å². The summed E-state index contributed by atoms with van der Waals surface area (Å²) in [4.78, 5) is 43.8. The zero-order valence-electron chi connectivity index (χ0n) is 17.5. The Labute approximate surface area is 190 Å². The van der Waals surface area contributed by atoms with E-state index in [4.69, 9.17) is 12.2 Å². The smallest absolute Gasteiger partial charge is 0.256 e. The molecule has 2 aromatic carbocycles. The average molecular weight is 447 g/mol. The van der Waals surface area contributed by atoms with Crippen molar-refractivity contribution in [1.82, 2.24) is 9.88 Å². The molecule has 0 aliphatic carbocycles. The molecule has 1 fully saturated rings. The first-order valence-corrected chi connectivity index (χ1v) is 10.5. The molecule has 1 saturated heterocycles. The summed E-state index contributed by atoms with van der Waals surface area (Å²) >= 11 is 5.55. The number of aromatic amines is 1. The van der Waals surface area contributed by atoms with Gasteiger partial charge in [-0.3, -0.25) is 19.3 Å². The Balaban J connectivity index is 1.53. The topological polar surface area (TPSA) is 85.5 Å². The molecule has 32 heavy (non-hydrogen) atoms. The molecule has 1 aliphatic heterocycles. The third-order valence-electron chi connectivity index (χ3n) is 5.39. The van der Waals surface area contributed by atoms with Gasteiger partial charge in [-0.1, -0.05) is 12.1 Å². The molecule has 1 unspecified atom stereocenters. The third-order valence-corrected chi connectivity index (χ3v) is 5.81. The van der Waals surface area contributed by atoms with Gasteiger partial charge in [0.25, 0.3) is 5.91 Å². The summed E-state index contributed by atoms with van der Waals surface area (Å²) in [6.45, 7) is 5.56. The summed E-state index contributed by atoms with van der Waals surface area (Å²) in [7, 11) is 0. The predicted octanol–water partition coefficient (Wildman–Crippen LogP) is 3.89. The van der Waals surface area contributed by atoms with E-state index in [9.17, 15) is 14.4 Å². The van der Waals surface area contributed by atoms with Gasteiger partial charge >= 0.3 is 0 Å². The van der Waals surface area contributed by atoms with Crippen molar-refractivity contribution in [3.8, 4) is 0 Å². The standard InChI is InChI=1S/C24H22N4O3S/c1-3-12-27-21(14-22(30)26-18-7-4-17-10-11-25-20(17)13-18)23(31)28(24(27)32)19-8-5-16(6-9-19)15(2)29/h3-11,13,21,25H,1,12,14H2,2H3,(H,26,30). The lowest BCUT2D eigenvalue weighted by atomic mass is 10.1. The number of aromatic nitrogens is 1. The molecule has 8 heteroatoms. The molecule has 0 spiro atoms. The molecule has 0 radical (unpaired) electrons. The zero-order valence-corrected chi connectivity index (χ0v) is 18.3. The molecule has 1 atom stereocenters. The molecule has 1 aliphatic rings. The van der Waals surface area contributed by atoms with Gasteiger partial charge in [0.05, 0.1) is 12.1 Å². The number of nitrogens with one attached hydrogen (secondary N) is 2. The van der Waals surface area contributed by atoms with Crippen LogP contribution in [0.5, 0.6) is 0 Å². The van der Waals surface area contributed by atoms with Gasteiger partial charge in [-0.15, -0.1) is 6.58 Å². The number of Topliss-reactive ketones (excluding diaryl/α,β-unsaturated/α-hetero) is 1. The number of thiocarbonyl (C=S) groups is 1. The molecule has 2 amide bonds. The minimum absolute atomic E-state index is 0.0579. The Kier molecular flexibility index (Phi) is 5.87. The fourth-order valence-electron chi connectivity index (χ4n) is 3.78. The maximum Gasteiger partial charge on any atom is 0.256 e. The van der Waals surface area contributed by atoms with E-state index in [-0.39, 0.29) is 24.0 Å². The Morgan fingerprint density at radius 3 is 2.62 bits per heavy atom. The second kappa shape index (κ2) is 8.76. The number of benzene rings is 2. The van der Waals surface area contributed by atoms with Gasteiger partial charge in [-0.2, -0.15) is 0 Å². The van der Waals surface area contributed by atoms with Crippen molar-refractivity contribution in [2.24, 2.45) is 0 Å². The van der Waals surface area contributed by atoms with Crippen molar-refractivity contribution in [3.05, 3.63) is 72.9 Å². The summed E-state index contributed by atoms with van der Waals surface area (Å²) in [6.07, 6.45) is 3.42. The van der Waals surface area contributed by atoms with Crippen LogP contribution in [0.4, 0.5) is 11.4 Å². The van der Waals surface area contributed by atoms with Gasteiger partial charge in [0, 0.05) is 29.5 Å². The normalized spacial score (nSPS) is 16.0. The summed E-state index contributed by atoms with van der Waals surface area (Å²) in [5, 5.41) is 4.21. The molecule has 7 nitrogen and oxygen atoms in total. The Morgan fingerprint density at radius 1 is 1.19 bits per heavy atom. The second-order valence-corrected chi connectivity index (χ2v) is 7.91. The van der Waals surface area contributed by atoms with Crippen molar-refractivity contribution >= 4 is 57.2 Å². The Morgan fingerprint density at radius 2 is 1.94 bits per heavy atom. The van der Waals surface area contributed by atoms with Gasteiger partial charge in [-0.05, 0) is 67.0 Å². The molecule has 0 saturated carbocycles. The van der Waals surface area contributed by atoms with Gasteiger partial charge < -0.3 is 15.2 Å². The number of amides is 2. The van der Waals surface area contributed by atoms with Crippen molar-refractivity contribution in [2.45, 2.75) is 19.4 Å². The Bertz CT molecular complexity index is 1230. The molecular weight excluding hydrogens is 424 g/mol. The van der Waals surface area contributed by atoms with E-state index in [0.29, 0.717) is 28.6 Å². The maximum atomic E-state index is 13.3. The van der Waals surface area contributed by atoms with E-state index < -0.39 is 6.04 Å². The van der Waals surface area contributed by atoms with Crippen LogP contribution < -0.4 is 10.2 Å². The summed E-state index contributed by atoms with van der Waals surface area (Å²) in [5.41, 5.74) is 2.66. The number of carbonyl (C=O) groups excluding carboxylic acids is 3. The van der Waals surface area contributed by atoms with Gasteiger partial charge in [0.2, 0.25) is 5.91 Å². The first-order valence-electron chi connectivity index (χ1n) is 10.1. The van der Waals surface area contributed by atoms with Crippen LogP contribution in [0.25, 0.3) is 10.9 Å². The number of carbonyl (C=O) groups is 3. The molecule has 2 heterocycles. The number of H-pyrrole nitrogens is 1. The highest BCUT2D eigenvalue weighted by molar-refractivity contribution is 7.80. The minimum atomic E-state index is -0.748. The van der Waals surface area contributed by atoms with Gasteiger partial charge in [0.15, 0.2) is 10.9 Å². The number of hydrogen-bond acceptors (Lipinski definition) is 4. The van der Waals surface area contributed by atoms with E-state index in [2.05, 4.69) is 16.9 Å². The first-order chi connectivity index (χ1) is 15.4. The zero-order chi connectivity index (χ0) is 22.8. The van der Waals surface area contributed by atoms with Crippen LogP contribution in [0.15, 0.2) is 67.4 Å².